The van der Waals surface area contributed by atoms with Crippen molar-refractivity contribution in [2.45, 2.75) is 0 Å². The van der Waals surface area contributed by atoms with Crippen molar-refractivity contribution in [3.8, 4) is 56.4 Å². The van der Waals surface area contributed by atoms with Crippen LogP contribution in [0.2, 0.25) is 0 Å². The van der Waals surface area contributed by atoms with E-state index in [1.165, 1.54) is 16.2 Å². The Hall–Kier alpha value is -6.45. The van der Waals surface area contributed by atoms with Gasteiger partial charge in [0.1, 0.15) is 0 Å². The predicted molar refractivity (Wildman–Crippen MR) is 200 cm³/mol. The Morgan fingerprint density at radius 3 is 1.60 bits per heavy atom. The highest BCUT2D eigenvalue weighted by Crippen LogP contribution is 2.40. The zero-order valence-electron chi connectivity index (χ0n) is 26.1. The molecule has 224 valence electrons. The first-order chi connectivity index (χ1) is 23.8. The van der Waals surface area contributed by atoms with Gasteiger partial charge in [0.25, 0.3) is 0 Å². The fourth-order valence-electron chi connectivity index (χ4n) is 6.79. The quantitative estimate of drug-likeness (QED) is 0.144. The van der Waals surface area contributed by atoms with Gasteiger partial charge in [-0.15, -0.1) is 0 Å². The average molecular weight is 612 g/mol. The number of hydrogen-bond donors (Lipinski definition) is 0. The maximum atomic E-state index is 5.38. The second-order valence-electron chi connectivity index (χ2n) is 12.0. The van der Waals surface area contributed by atoms with Crippen molar-refractivity contribution in [2.24, 2.45) is 0 Å². The topological polar surface area (TPSA) is 38.7 Å². The molecule has 0 aliphatic heterocycles. The molecule has 0 N–H and O–H groups in total. The second-order valence-corrected chi connectivity index (χ2v) is 12.0. The van der Waals surface area contributed by atoms with Crippen molar-refractivity contribution in [1.82, 2.24) is 15.0 Å². The van der Waals surface area contributed by atoms with E-state index in [-0.39, 0.29) is 0 Å². The predicted octanol–water partition coefficient (Wildman–Crippen LogP) is 11.7. The number of fused-ring (bicyclic) bond motifs is 4. The molecule has 9 rings (SSSR count). The van der Waals surface area contributed by atoms with E-state index in [1.807, 2.05) is 30.3 Å². The molecule has 0 aliphatic carbocycles. The van der Waals surface area contributed by atoms with E-state index < -0.39 is 0 Å². The highest BCUT2D eigenvalue weighted by atomic mass is 15.0. The molecule has 0 spiro atoms. The van der Waals surface area contributed by atoms with Crippen LogP contribution >= 0.6 is 0 Å². The Labute approximate surface area is 278 Å². The second kappa shape index (κ2) is 11.7. The summed E-state index contributed by atoms with van der Waals surface area (Å²) < 4.78 is 0. The first-order valence-electron chi connectivity index (χ1n) is 16.2. The Morgan fingerprint density at radius 2 is 0.854 bits per heavy atom. The van der Waals surface area contributed by atoms with Gasteiger partial charge in [0, 0.05) is 16.7 Å². The molecule has 8 aromatic carbocycles. The molecule has 3 heteroatoms. The first-order valence-corrected chi connectivity index (χ1v) is 16.2. The molecule has 1 aromatic heterocycles. The van der Waals surface area contributed by atoms with Crippen molar-refractivity contribution in [1.29, 1.82) is 0 Å². The zero-order valence-corrected chi connectivity index (χ0v) is 26.1. The van der Waals surface area contributed by atoms with Crippen LogP contribution in [-0.2, 0) is 0 Å². The van der Waals surface area contributed by atoms with E-state index in [1.54, 1.807) is 0 Å². The molecule has 9 aromatic rings. The molecule has 0 saturated heterocycles. The number of benzene rings is 8. The molecule has 0 fully saturated rings. The molecule has 0 saturated carbocycles. The van der Waals surface area contributed by atoms with Gasteiger partial charge in [0.05, 0.1) is 0 Å². The van der Waals surface area contributed by atoms with Crippen molar-refractivity contribution in [3.63, 3.8) is 0 Å². The van der Waals surface area contributed by atoms with Gasteiger partial charge in [-0.25, -0.2) is 15.0 Å². The summed E-state index contributed by atoms with van der Waals surface area (Å²) in [6.45, 7) is 0. The van der Waals surface area contributed by atoms with Crippen LogP contribution in [0.1, 0.15) is 0 Å². The SMILES string of the molecule is c1ccc(-c2ccc(-c3ccccc3)c(-c3nc(-c4ccccc4)nc(-c4c5ccccc5cc5c4ccc4ccccc45)n3)c2)cc1. The Balaban J connectivity index is 1.38. The molecule has 0 bridgehead atoms. The molecule has 3 nitrogen and oxygen atoms in total. The van der Waals surface area contributed by atoms with E-state index in [9.17, 15) is 0 Å². The molecule has 48 heavy (non-hydrogen) atoms. The zero-order chi connectivity index (χ0) is 31.9. The van der Waals surface area contributed by atoms with E-state index in [2.05, 4.69) is 146 Å². The summed E-state index contributed by atoms with van der Waals surface area (Å²) in [5.74, 6) is 1.93. The third kappa shape index (κ3) is 4.90. The van der Waals surface area contributed by atoms with Gasteiger partial charge in [0.15, 0.2) is 17.5 Å². The summed E-state index contributed by atoms with van der Waals surface area (Å²) in [4.78, 5) is 15.8. The highest BCUT2D eigenvalue weighted by molar-refractivity contribution is 6.19. The summed E-state index contributed by atoms with van der Waals surface area (Å²) >= 11 is 0. The minimum atomic E-state index is 0.636. The molecule has 0 unspecified atom stereocenters. The maximum Gasteiger partial charge on any atom is 0.165 e. The molecule has 1 heterocycles. The van der Waals surface area contributed by atoms with Gasteiger partial charge in [-0.05, 0) is 66.7 Å². The normalized spacial score (nSPS) is 11.3. The minimum absolute atomic E-state index is 0.636. The fraction of sp³-hybridized carbons (Fsp3) is 0. The van der Waals surface area contributed by atoms with Crippen LogP contribution in [-0.4, -0.2) is 15.0 Å². The first kappa shape index (κ1) is 27.8. The highest BCUT2D eigenvalue weighted by Gasteiger charge is 2.20. The summed E-state index contributed by atoms with van der Waals surface area (Å²) in [5, 5.41) is 6.97. The number of hydrogen-bond acceptors (Lipinski definition) is 3. The lowest BCUT2D eigenvalue weighted by atomic mass is 9.92. The van der Waals surface area contributed by atoms with Crippen LogP contribution in [0.3, 0.4) is 0 Å². The largest absolute Gasteiger partial charge is 0.208 e. The van der Waals surface area contributed by atoms with Gasteiger partial charge in [-0.3, -0.25) is 0 Å². The molecule has 0 radical (unpaired) electrons. The Bertz CT molecular complexity index is 2600. The summed E-state index contributed by atoms with van der Waals surface area (Å²) in [6, 6.07) is 61.6. The lowest BCUT2D eigenvalue weighted by Crippen LogP contribution is -2.02. The van der Waals surface area contributed by atoms with Crippen LogP contribution in [0.15, 0.2) is 176 Å². The molecular weight excluding hydrogens is 583 g/mol. The van der Waals surface area contributed by atoms with E-state index >= 15 is 0 Å². The van der Waals surface area contributed by atoms with Crippen molar-refractivity contribution < 1.29 is 0 Å². The standard InChI is InChI=1S/C45H29N3/c1-4-14-30(15-5-1)34-25-26-37(31-16-6-2-7-17-31)41(28-34)44-46-43(33-19-8-3-9-20-33)47-45(48-44)42-38-23-13-11-21-35(38)29-40-36-22-12-10-18-32(36)24-27-39(40)42/h1-29H. The Kier molecular flexibility index (Phi) is 6.80. The van der Waals surface area contributed by atoms with E-state index in [0.717, 1.165) is 55.1 Å². The smallest absolute Gasteiger partial charge is 0.165 e. The minimum Gasteiger partial charge on any atom is -0.208 e. The fourth-order valence-corrected chi connectivity index (χ4v) is 6.79. The lowest BCUT2D eigenvalue weighted by molar-refractivity contribution is 1.08. The number of aromatic nitrogens is 3. The van der Waals surface area contributed by atoms with Crippen LogP contribution in [0, 0.1) is 0 Å². The van der Waals surface area contributed by atoms with Crippen molar-refractivity contribution >= 4 is 32.3 Å². The molecule has 0 amide bonds. The van der Waals surface area contributed by atoms with Crippen LogP contribution in [0.4, 0.5) is 0 Å². The monoisotopic (exact) mass is 611 g/mol. The average Bonchev–Trinajstić information content (AvgIpc) is 3.17. The lowest BCUT2D eigenvalue weighted by Gasteiger charge is -2.16. The van der Waals surface area contributed by atoms with Crippen molar-refractivity contribution in [3.05, 3.63) is 176 Å². The molecule has 0 atom stereocenters. The van der Waals surface area contributed by atoms with Crippen LogP contribution in [0.25, 0.3) is 88.7 Å². The molecule has 0 aliphatic rings. The van der Waals surface area contributed by atoms with Crippen LogP contribution < -0.4 is 0 Å². The van der Waals surface area contributed by atoms with Gasteiger partial charge >= 0.3 is 0 Å². The number of nitrogens with zero attached hydrogens (tertiary/aromatic N) is 3. The van der Waals surface area contributed by atoms with E-state index in [0.29, 0.717) is 17.5 Å². The Morgan fingerprint density at radius 1 is 0.271 bits per heavy atom. The van der Waals surface area contributed by atoms with Crippen LogP contribution in [0.5, 0.6) is 0 Å². The summed E-state index contributed by atoms with van der Waals surface area (Å²) in [5.41, 5.74) is 7.34. The van der Waals surface area contributed by atoms with Gasteiger partial charge < -0.3 is 0 Å². The van der Waals surface area contributed by atoms with Gasteiger partial charge in [-0.2, -0.15) is 0 Å². The molecular formula is C45H29N3. The third-order valence-electron chi connectivity index (χ3n) is 9.11. The summed E-state index contributed by atoms with van der Waals surface area (Å²) in [6.07, 6.45) is 0. The van der Waals surface area contributed by atoms with E-state index in [4.69, 9.17) is 15.0 Å². The number of rotatable bonds is 5. The summed E-state index contributed by atoms with van der Waals surface area (Å²) in [7, 11) is 0. The van der Waals surface area contributed by atoms with Gasteiger partial charge in [0.2, 0.25) is 0 Å². The van der Waals surface area contributed by atoms with Crippen molar-refractivity contribution in [2.75, 3.05) is 0 Å². The maximum absolute atomic E-state index is 5.38. The third-order valence-corrected chi connectivity index (χ3v) is 9.11. The van der Waals surface area contributed by atoms with Gasteiger partial charge in [-0.1, -0.05) is 164 Å².